The molecule has 178 valence electrons. The van der Waals surface area contributed by atoms with E-state index in [4.69, 9.17) is 16.0 Å². The lowest BCUT2D eigenvalue weighted by Crippen LogP contribution is -2.31. The van der Waals surface area contributed by atoms with E-state index in [0.29, 0.717) is 28.5 Å². The molecule has 0 bridgehead atoms. The maximum absolute atomic E-state index is 11.6. The predicted octanol–water partition coefficient (Wildman–Crippen LogP) is 1.84. The van der Waals surface area contributed by atoms with E-state index in [9.17, 15) is 4.79 Å². The number of amides is 1. The number of aromatic nitrogens is 5. The number of nitrogens with one attached hydrogen (secondary N) is 1. The van der Waals surface area contributed by atoms with Gasteiger partial charge in [0.05, 0.1) is 22.9 Å². The molecule has 34 heavy (non-hydrogen) atoms. The molecule has 3 rings (SSSR count). The normalized spacial score (nSPS) is 13.9. The molecule has 11 heteroatoms. The number of nitrogens with two attached hydrogens (primary N) is 2. The first-order valence-corrected chi connectivity index (χ1v) is 10.6. The maximum atomic E-state index is 11.6. The van der Waals surface area contributed by atoms with Crippen LogP contribution in [-0.2, 0) is 16.8 Å². The number of aliphatic imine (C=N–C) groups is 1. The first-order chi connectivity index (χ1) is 16.2. The number of hydrogen-bond donors (Lipinski definition) is 3. The highest BCUT2D eigenvalue weighted by atomic mass is 16.5. The average Bonchev–Trinajstić information content (AvgIpc) is 3.49. The van der Waals surface area contributed by atoms with Crippen molar-refractivity contribution < 1.29 is 9.32 Å². The molecule has 5 N–H and O–H groups in total. The highest BCUT2D eigenvalue weighted by Crippen LogP contribution is 2.38. The standard InChI is InChI=1S/C23H29N9O2/c1-14(2)23(4,18-6-7-19(28-11-18)16(8-24)9-27-15(3)25)22-30-21(34-31-22)17-10-29-32(12-17)13-20(33)26-5/h6-12,14H,3,13,24-25H2,1-2,4-5H3,(H,26,33)/b16-8+,27-9?/t23-/m1/s1. The number of rotatable bonds is 9. The van der Waals surface area contributed by atoms with Gasteiger partial charge in [-0.25, -0.2) is 4.99 Å². The number of likely N-dealkylation sites (N-methyl/N-ethyl adjacent to an activating group) is 1. The minimum Gasteiger partial charge on any atom is -0.404 e. The molecule has 0 unspecified atom stereocenters. The van der Waals surface area contributed by atoms with E-state index in [2.05, 4.69) is 51.0 Å². The van der Waals surface area contributed by atoms with Crippen molar-refractivity contribution in [3.8, 4) is 11.5 Å². The molecule has 0 fully saturated rings. The van der Waals surface area contributed by atoms with Crippen molar-refractivity contribution in [2.24, 2.45) is 22.4 Å². The number of nitrogens with zero attached hydrogens (tertiary/aromatic N) is 6. The van der Waals surface area contributed by atoms with Crippen LogP contribution >= 0.6 is 0 Å². The first-order valence-electron chi connectivity index (χ1n) is 10.6. The summed E-state index contributed by atoms with van der Waals surface area (Å²) in [5.74, 6) is 0.975. The van der Waals surface area contributed by atoms with E-state index in [1.807, 2.05) is 19.1 Å². The molecular weight excluding hydrogens is 434 g/mol. The number of pyridine rings is 1. The van der Waals surface area contributed by atoms with Crippen molar-refractivity contribution in [2.75, 3.05) is 7.05 Å². The summed E-state index contributed by atoms with van der Waals surface area (Å²) in [5, 5.41) is 11.0. The number of carbonyl (C=O) groups is 1. The van der Waals surface area contributed by atoms with Gasteiger partial charge in [0.25, 0.3) is 5.89 Å². The van der Waals surface area contributed by atoms with Crippen LogP contribution in [0.5, 0.6) is 0 Å². The van der Waals surface area contributed by atoms with Crippen molar-refractivity contribution in [1.29, 1.82) is 0 Å². The fraction of sp³-hybridized carbons (Fsp3) is 0.304. The number of hydrogen-bond acceptors (Lipinski definition) is 9. The van der Waals surface area contributed by atoms with E-state index in [1.54, 1.807) is 25.6 Å². The zero-order valence-electron chi connectivity index (χ0n) is 19.7. The third-order valence-electron chi connectivity index (χ3n) is 5.72. The Labute approximate surface area is 197 Å². The molecule has 3 aromatic rings. The molecule has 0 aliphatic carbocycles. The lowest BCUT2D eigenvalue weighted by Gasteiger charge is -2.30. The van der Waals surface area contributed by atoms with Gasteiger partial charge >= 0.3 is 0 Å². The Bertz CT molecular complexity index is 1220. The Morgan fingerprint density at radius 2 is 2.15 bits per heavy atom. The molecule has 3 aromatic heterocycles. The van der Waals surface area contributed by atoms with Crippen LogP contribution < -0.4 is 16.8 Å². The molecule has 1 atom stereocenters. The summed E-state index contributed by atoms with van der Waals surface area (Å²) in [6.07, 6.45) is 7.96. The smallest absolute Gasteiger partial charge is 0.261 e. The topological polar surface area (TPSA) is 163 Å². The van der Waals surface area contributed by atoms with Crippen molar-refractivity contribution in [2.45, 2.75) is 32.7 Å². The third-order valence-corrected chi connectivity index (χ3v) is 5.72. The van der Waals surface area contributed by atoms with Gasteiger partial charge in [-0.05, 0) is 24.5 Å². The second-order valence-electron chi connectivity index (χ2n) is 8.18. The second kappa shape index (κ2) is 10.1. The molecule has 0 aliphatic rings. The van der Waals surface area contributed by atoms with Gasteiger partial charge < -0.3 is 21.3 Å². The fourth-order valence-electron chi connectivity index (χ4n) is 3.28. The molecular formula is C23H29N9O2. The van der Waals surface area contributed by atoms with Crippen LogP contribution in [0.25, 0.3) is 17.0 Å². The molecule has 0 spiro atoms. The van der Waals surface area contributed by atoms with Gasteiger partial charge in [-0.3, -0.25) is 14.5 Å². The summed E-state index contributed by atoms with van der Waals surface area (Å²) in [7, 11) is 1.57. The van der Waals surface area contributed by atoms with Gasteiger partial charge in [-0.2, -0.15) is 10.1 Å². The fourth-order valence-corrected chi connectivity index (χ4v) is 3.28. The minimum absolute atomic E-state index is 0.0998. The summed E-state index contributed by atoms with van der Waals surface area (Å²) < 4.78 is 7.06. The summed E-state index contributed by atoms with van der Waals surface area (Å²) in [5.41, 5.74) is 13.4. The third kappa shape index (κ3) is 5.03. The van der Waals surface area contributed by atoms with Crippen LogP contribution in [0.1, 0.15) is 37.9 Å². The van der Waals surface area contributed by atoms with E-state index >= 15 is 0 Å². The van der Waals surface area contributed by atoms with E-state index in [0.717, 1.165) is 5.56 Å². The molecule has 0 radical (unpaired) electrons. The van der Waals surface area contributed by atoms with Crippen LogP contribution in [0, 0.1) is 5.92 Å². The van der Waals surface area contributed by atoms with Crippen LogP contribution in [0.2, 0.25) is 0 Å². The van der Waals surface area contributed by atoms with E-state index in [-0.39, 0.29) is 24.2 Å². The molecule has 11 nitrogen and oxygen atoms in total. The zero-order chi connectivity index (χ0) is 24.9. The lowest BCUT2D eigenvalue weighted by atomic mass is 9.73. The van der Waals surface area contributed by atoms with Gasteiger partial charge in [-0.15, -0.1) is 0 Å². The van der Waals surface area contributed by atoms with E-state index in [1.165, 1.54) is 17.1 Å². The zero-order valence-corrected chi connectivity index (χ0v) is 19.7. The lowest BCUT2D eigenvalue weighted by molar-refractivity contribution is -0.121. The highest BCUT2D eigenvalue weighted by Gasteiger charge is 2.38. The minimum atomic E-state index is -0.586. The van der Waals surface area contributed by atoms with Gasteiger partial charge in [0.1, 0.15) is 12.4 Å². The summed E-state index contributed by atoms with van der Waals surface area (Å²) >= 11 is 0. The maximum Gasteiger partial charge on any atom is 0.261 e. The van der Waals surface area contributed by atoms with Crippen LogP contribution in [0.3, 0.4) is 0 Å². The second-order valence-corrected chi connectivity index (χ2v) is 8.18. The van der Waals surface area contributed by atoms with Crippen molar-refractivity contribution in [1.82, 2.24) is 30.2 Å². The monoisotopic (exact) mass is 463 g/mol. The summed E-state index contributed by atoms with van der Waals surface area (Å²) in [4.78, 5) is 24.8. The van der Waals surface area contributed by atoms with Crippen LogP contribution in [0.4, 0.5) is 0 Å². The Morgan fingerprint density at radius 3 is 2.74 bits per heavy atom. The quantitative estimate of drug-likeness (QED) is 0.405. The number of allylic oxidation sites excluding steroid dienone is 1. The molecule has 3 heterocycles. The Morgan fingerprint density at radius 1 is 1.38 bits per heavy atom. The van der Waals surface area contributed by atoms with E-state index < -0.39 is 5.41 Å². The predicted molar refractivity (Wildman–Crippen MR) is 129 cm³/mol. The Balaban J connectivity index is 1.91. The molecule has 0 aromatic carbocycles. The average molecular weight is 464 g/mol. The summed E-state index contributed by atoms with van der Waals surface area (Å²) in [6.45, 7) is 9.84. The Kier molecular flexibility index (Phi) is 7.24. The molecule has 0 saturated heterocycles. The summed E-state index contributed by atoms with van der Waals surface area (Å²) in [6, 6.07) is 3.80. The van der Waals surface area contributed by atoms with Crippen molar-refractivity contribution in [3.05, 3.63) is 66.4 Å². The highest BCUT2D eigenvalue weighted by molar-refractivity contribution is 6.09. The van der Waals surface area contributed by atoms with Gasteiger partial charge in [0.2, 0.25) is 5.91 Å². The number of carbonyl (C=O) groups excluding carboxylic acids is 1. The van der Waals surface area contributed by atoms with Gasteiger partial charge in [0, 0.05) is 37.4 Å². The SMILES string of the molecule is C=C(N)N=C/C(=C\N)c1ccc([C@](C)(c2noc(-c3cnn(CC(=O)NC)c3)n2)C(C)C)cn1. The first kappa shape index (κ1) is 24.4. The van der Waals surface area contributed by atoms with Gasteiger partial charge in [0.15, 0.2) is 5.82 Å². The van der Waals surface area contributed by atoms with Crippen LogP contribution in [0.15, 0.2) is 58.8 Å². The van der Waals surface area contributed by atoms with Crippen molar-refractivity contribution >= 4 is 17.7 Å². The van der Waals surface area contributed by atoms with Crippen LogP contribution in [-0.4, -0.2) is 44.1 Å². The Hall–Kier alpha value is -4.28. The van der Waals surface area contributed by atoms with Crippen molar-refractivity contribution in [3.63, 3.8) is 0 Å². The largest absolute Gasteiger partial charge is 0.404 e. The molecule has 0 saturated carbocycles. The molecule has 0 aliphatic heterocycles. The van der Waals surface area contributed by atoms with Gasteiger partial charge in [-0.1, -0.05) is 31.6 Å². The molecule has 1 amide bonds.